The standard InChI is InChI=1S/C19H25N3O5S.CH4O/c1-13(14-2-4-15(5-3-14)22-6-8-26-9-7-22)18(11-20)28(25)21-17-10-16(23)12-27-19(17)24;1-2/h2-5,16-17,19,21,23-24H,6-10,12H2,1H3;2H,1H3/b18-13+;. The number of nitrogens with one attached hydrogen (secondary N) is 1. The highest BCUT2D eigenvalue weighted by atomic mass is 32.2. The second-order valence-corrected chi connectivity index (χ2v) is 8.00. The minimum atomic E-state index is -1.84. The molecule has 166 valence electrons. The average molecular weight is 440 g/mol. The molecule has 4 atom stereocenters. The lowest BCUT2D eigenvalue weighted by molar-refractivity contribution is -0.169. The number of aliphatic hydroxyl groups is 3. The van der Waals surface area contributed by atoms with Crippen LogP contribution < -0.4 is 9.62 Å². The number of rotatable bonds is 5. The molecule has 0 saturated carbocycles. The topological polar surface area (TPSA) is 135 Å². The number of nitrogens with zero attached hydrogens (tertiary/aromatic N) is 2. The number of hydrogen-bond donors (Lipinski definition) is 4. The number of anilines is 1. The van der Waals surface area contributed by atoms with Gasteiger partial charge < -0.3 is 29.7 Å². The number of allylic oxidation sites excluding steroid dienone is 2. The molecule has 10 heteroatoms. The summed E-state index contributed by atoms with van der Waals surface area (Å²) in [5, 5.41) is 36.0. The highest BCUT2D eigenvalue weighted by Gasteiger charge is 2.31. The zero-order valence-electron chi connectivity index (χ0n) is 17.2. The van der Waals surface area contributed by atoms with Gasteiger partial charge in [-0.05, 0) is 36.6 Å². The van der Waals surface area contributed by atoms with Crippen LogP contribution in [0.2, 0.25) is 0 Å². The van der Waals surface area contributed by atoms with E-state index in [1.807, 2.05) is 30.3 Å². The Morgan fingerprint density at radius 2 is 1.87 bits per heavy atom. The van der Waals surface area contributed by atoms with Crippen molar-refractivity contribution >= 4 is 22.2 Å². The molecule has 1 aromatic rings. The van der Waals surface area contributed by atoms with Crippen molar-refractivity contribution in [2.45, 2.75) is 31.8 Å². The van der Waals surface area contributed by atoms with Gasteiger partial charge in [0.2, 0.25) is 0 Å². The molecule has 2 saturated heterocycles. The Kier molecular flexibility index (Phi) is 9.87. The van der Waals surface area contributed by atoms with E-state index in [2.05, 4.69) is 9.62 Å². The fourth-order valence-corrected chi connectivity index (χ4v) is 4.33. The van der Waals surface area contributed by atoms with E-state index in [9.17, 15) is 19.7 Å². The summed E-state index contributed by atoms with van der Waals surface area (Å²) in [7, 11) is -0.841. The van der Waals surface area contributed by atoms with Crippen LogP contribution in [-0.4, -0.2) is 78.0 Å². The molecule has 0 bridgehead atoms. The van der Waals surface area contributed by atoms with Gasteiger partial charge in [0.15, 0.2) is 6.29 Å². The van der Waals surface area contributed by atoms with E-state index in [0.29, 0.717) is 18.8 Å². The van der Waals surface area contributed by atoms with E-state index >= 15 is 0 Å². The van der Waals surface area contributed by atoms with E-state index < -0.39 is 29.4 Å². The SMILES string of the molecule is C/C(=C(/C#N)S(=O)NC1CC(O)COC1O)c1ccc(N2CCOCC2)cc1.CO. The van der Waals surface area contributed by atoms with E-state index in [4.69, 9.17) is 14.6 Å². The molecule has 2 heterocycles. The maximum Gasteiger partial charge on any atom is 0.171 e. The molecule has 2 aliphatic heterocycles. The molecule has 0 spiro atoms. The lowest BCUT2D eigenvalue weighted by Crippen LogP contribution is -2.49. The third-order valence-corrected chi connectivity index (χ3v) is 6.18. The molecular weight excluding hydrogens is 410 g/mol. The van der Waals surface area contributed by atoms with Gasteiger partial charge in [-0.15, -0.1) is 0 Å². The molecule has 0 aromatic heterocycles. The summed E-state index contributed by atoms with van der Waals surface area (Å²) >= 11 is 0. The van der Waals surface area contributed by atoms with Crippen molar-refractivity contribution in [2.75, 3.05) is 44.9 Å². The number of aliphatic hydroxyl groups excluding tert-OH is 3. The van der Waals surface area contributed by atoms with Crippen LogP contribution >= 0.6 is 0 Å². The number of nitriles is 1. The molecule has 0 radical (unpaired) electrons. The van der Waals surface area contributed by atoms with Crippen LogP contribution in [0.5, 0.6) is 0 Å². The summed E-state index contributed by atoms with van der Waals surface area (Å²) in [5.41, 5.74) is 2.46. The smallest absolute Gasteiger partial charge is 0.171 e. The number of morpholine rings is 1. The highest BCUT2D eigenvalue weighted by molar-refractivity contribution is 7.87. The van der Waals surface area contributed by atoms with Crippen molar-refractivity contribution in [1.82, 2.24) is 4.72 Å². The first-order chi connectivity index (χ1) is 14.5. The number of hydrogen-bond acceptors (Lipinski definition) is 8. The number of benzene rings is 1. The first-order valence-corrected chi connectivity index (χ1v) is 10.8. The molecule has 30 heavy (non-hydrogen) atoms. The minimum absolute atomic E-state index is 0.0292. The molecule has 2 aliphatic rings. The van der Waals surface area contributed by atoms with Crippen molar-refractivity contribution < 1.29 is 29.0 Å². The van der Waals surface area contributed by atoms with E-state index in [-0.39, 0.29) is 17.9 Å². The summed E-state index contributed by atoms with van der Waals surface area (Å²) < 4.78 is 25.8. The third-order valence-electron chi connectivity index (χ3n) is 4.89. The lowest BCUT2D eigenvalue weighted by Gasteiger charge is -2.31. The first kappa shape index (κ1) is 24.4. The molecule has 9 nitrogen and oxygen atoms in total. The maximum absolute atomic E-state index is 12.7. The van der Waals surface area contributed by atoms with Gasteiger partial charge in [-0.2, -0.15) is 5.26 Å². The zero-order valence-corrected chi connectivity index (χ0v) is 18.0. The fraction of sp³-hybridized carbons (Fsp3) is 0.550. The summed E-state index contributed by atoms with van der Waals surface area (Å²) in [5.74, 6) is 0. The van der Waals surface area contributed by atoms with E-state index in [0.717, 1.165) is 31.5 Å². The summed E-state index contributed by atoms with van der Waals surface area (Å²) in [6.45, 7) is 4.85. The van der Waals surface area contributed by atoms with Crippen LogP contribution in [0.3, 0.4) is 0 Å². The maximum atomic E-state index is 12.7. The Hall–Kier alpha value is -1.84. The first-order valence-electron chi connectivity index (χ1n) is 9.64. The second kappa shape index (κ2) is 12.1. The van der Waals surface area contributed by atoms with E-state index in [1.165, 1.54) is 0 Å². The van der Waals surface area contributed by atoms with Gasteiger partial charge in [-0.1, -0.05) is 12.1 Å². The highest BCUT2D eigenvalue weighted by Crippen LogP contribution is 2.24. The third kappa shape index (κ3) is 6.33. The normalized spacial score (nSPS) is 26.0. The summed E-state index contributed by atoms with van der Waals surface area (Å²) in [6.07, 6.45) is -1.74. The molecule has 0 amide bonds. The Bertz CT molecular complexity index is 774. The predicted molar refractivity (Wildman–Crippen MR) is 113 cm³/mol. The molecule has 4 N–H and O–H groups in total. The molecule has 1 aromatic carbocycles. The van der Waals surface area contributed by atoms with Crippen molar-refractivity contribution in [3.05, 3.63) is 34.7 Å². The largest absolute Gasteiger partial charge is 0.400 e. The Morgan fingerprint density at radius 1 is 1.23 bits per heavy atom. The Balaban J connectivity index is 0.00000155. The van der Waals surface area contributed by atoms with Crippen LogP contribution in [0, 0.1) is 11.3 Å². The molecular formula is C20H29N3O6S. The van der Waals surface area contributed by atoms with Gasteiger partial charge in [0.25, 0.3) is 0 Å². The quantitative estimate of drug-likeness (QED) is 0.475. The Morgan fingerprint density at radius 3 is 2.47 bits per heavy atom. The van der Waals surface area contributed by atoms with Gasteiger partial charge in [0.05, 0.1) is 32.0 Å². The lowest BCUT2D eigenvalue weighted by atomic mass is 10.1. The van der Waals surface area contributed by atoms with E-state index in [1.54, 1.807) is 6.92 Å². The van der Waals surface area contributed by atoms with Gasteiger partial charge in [-0.25, -0.2) is 8.93 Å². The van der Waals surface area contributed by atoms with Crippen molar-refractivity contribution in [3.63, 3.8) is 0 Å². The summed E-state index contributed by atoms with van der Waals surface area (Å²) in [6, 6.07) is 9.03. The van der Waals surface area contributed by atoms with Crippen LogP contribution in [0.1, 0.15) is 18.9 Å². The summed E-state index contributed by atoms with van der Waals surface area (Å²) in [4.78, 5) is 2.30. The monoisotopic (exact) mass is 439 g/mol. The van der Waals surface area contributed by atoms with Gasteiger partial charge in [-0.3, -0.25) is 0 Å². The van der Waals surface area contributed by atoms with Crippen LogP contribution in [0.4, 0.5) is 5.69 Å². The van der Waals surface area contributed by atoms with Crippen LogP contribution in [0.25, 0.3) is 5.57 Å². The van der Waals surface area contributed by atoms with Crippen molar-refractivity contribution in [1.29, 1.82) is 5.26 Å². The molecule has 3 rings (SSSR count). The minimum Gasteiger partial charge on any atom is -0.400 e. The van der Waals surface area contributed by atoms with Crippen LogP contribution in [-0.2, 0) is 20.5 Å². The molecule has 4 unspecified atom stereocenters. The van der Waals surface area contributed by atoms with Crippen LogP contribution in [0.15, 0.2) is 29.2 Å². The van der Waals surface area contributed by atoms with Gasteiger partial charge in [0.1, 0.15) is 22.0 Å². The molecule has 2 fully saturated rings. The number of ether oxygens (including phenoxy) is 2. The second-order valence-electron chi connectivity index (χ2n) is 6.82. The van der Waals surface area contributed by atoms with Crippen molar-refractivity contribution in [3.8, 4) is 6.07 Å². The van der Waals surface area contributed by atoms with Gasteiger partial charge >= 0.3 is 0 Å². The zero-order chi connectivity index (χ0) is 22.1. The van der Waals surface area contributed by atoms with Crippen molar-refractivity contribution in [2.24, 2.45) is 0 Å². The average Bonchev–Trinajstić information content (AvgIpc) is 2.79. The Labute approximate surface area is 179 Å². The molecule has 0 aliphatic carbocycles. The predicted octanol–water partition coefficient (Wildman–Crippen LogP) is 0.108. The fourth-order valence-electron chi connectivity index (χ4n) is 3.25. The van der Waals surface area contributed by atoms with Gasteiger partial charge in [0, 0.05) is 25.9 Å².